The highest BCUT2D eigenvalue weighted by molar-refractivity contribution is 7.60. The van der Waals surface area contributed by atoms with Gasteiger partial charge in [-0.2, -0.15) is 4.31 Å². The van der Waals surface area contributed by atoms with E-state index < -0.39 is 22.1 Å². The maximum Gasteiger partial charge on any atom is 0.538 e. The Balaban J connectivity index is 4.25. The first kappa shape index (κ1) is 10.8. The zero-order chi connectivity index (χ0) is 9.12. The fourth-order valence-corrected chi connectivity index (χ4v) is 1.55. The molecule has 1 atom stereocenters. The van der Waals surface area contributed by atoms with Crippen molar-refractivity contribution in [2.24, 2.45) is 0 Å². The monoisotopic (exact) mass is 206 g/mol. The molecule has 0 spiro atoms. The summed E-state index contributed by atoms with van der Waals surface area (Å²) >= 11 is 0. The van der Waals surface area contributed by atoms with Crippen LogP contribution >= 0.6 is 15.6 Å². The van der Waals surface area contributed by atoms with Gasteiger partial charge in [-0.15, -0.1) is 0 Å². The summed E-state index contributed by atoms with van der Waals surface area (Å²) in [6.07, 6.45) is 0. The van der Waals surface area contributed by atoms with Crippen molar-refractivity contribution >= 4 is 22.1 Å². The van der Waals surface area contributed by atoms with Crippen molar-refractivity contribution in [2.45, 2.75) is 0 Å². The third kappa shape index (κ3) is 6.18. The molecule has 10 heteroatoms. The number of phosphoric acid groups is 2. The molecule has 0 fully saturated rings. The predicted molar refractivity (Wildman–Crippen MR) is 30.1 cm³/mol. The van der Waals surface area contributed by atoms with E-state index in [1.807, 2.05) is 0 Å². The van der Waals surface area contributed by atoms with Crippen LogP contribution in [-0.4, -0.2) is 21.2 Å². The number of hydrogen-bond donors (Lipinski definition) is 3. The average Bonchev–Trinajstić information content (AvgIpc) is 1.55. The van der Waals surface area contributed by atoms with Gasteiger partial charge in [0.15, 0.2) is 0 Å². The molecule has 0 aliphatic carbocycles. The van der Waals surface area contributed by atoms with E-state index in [-0.39, 0.29) is 0 Å². The Bertz CT molecular complexity index is 224. The Hall–Kier alpha value is -0.230. The van der Waals surface area contributed by atoms with Crippen molar-refractivity contribution in [2.75, 3.05) is 0 Å². The van der Waals surface area contributed by atoms with E-state index in [2.05, 4.69) is 8.83 Å². The average molecular weight is 206 g/mol. The van der Waals surface area contributed by atoms with E-state index in [4.69, 9.17) is 14.7 Å². The Labute approximate surface area is 60.6 Å². The minimum Gasteiger partial charge on any atom is -0.373 e. The van der Waals surface area contributed by atoms with E-state index >= 15 is 0 Å². The van der Waals surface area contributed by atoms with Gasteiger partial charge in [-0.05, 0) is 0 Å². The summed E-state index contributed by atoms with van der Waals surface area (Å²) in [7, 11) is -10.1. The van der Waals surface area contributed by atoms with Crippen molar-refractivity contribution in [3.8, 4) is 0 Å². The molecule has 0 amide bonds. The molecule has 8 nitrogen and oxygen atoms in total. The fraction of sp³-hybridized carbons (Fsp3) is 0. The third-order valence-electron chi connectivity index (χ3n) is 0.386. The van der Waals surface area contributed by atoms with Gasteiger partial charge in [-0.1, -0.05) is 0 Å². The number of phosphoric ester groups is 1. The van der Waals surface area contributed by atoms with Gasteiger partial charge in [-0.3, -0.25) is 9.69 Å². The molecule has 3 N–H and O–H groups in total. The first-order valence-electron chi connectivity index (χ1n) is 1.98. The van der Waals surface area contributed by atoms with E-state index in [0.29, 0.717) is 0 Å². The second-order valence-corrected chi connectivity index (χ2v) is 4.02. The highest BCUT2D eigenvalue weighted by atomic mass is 31.3. The molecular formula is CH4O8P2. The number of rotatable bonds is 4. The lowest BCUT2D eigenvalue weighted by molar-refractivity contribution is -0.121. The minimum atomic E-state index is -5.11. The van der Waals surface area contributed by atoms with Crippen LogP contribution in [0.4, 0.5) is 0 Å². The van der Waals surface area contributed by atoms with Crippen molar-refractivity contribution in [1.29, 1.82) is 0 Å². The van der Waals surface area contributed by atoms with Crippen molar-refractivity contribution in [3.63, 3.8) is 0 Å². The highest BCUT2D eigenvalue weighted by Crippen LogP contribution is 2.56. The van der Waals surface area contributed by atoms with E-state index in [0.717, 1.165) is 0 Å². The first-order chi connectivity index (χ1) is 4.77. The Morgan fingerprint density at radius 1 is 1.18 bits per heavy atom. The zero-order valence-corrected chi connectivity index (χ0v) is 6.64. The van der Waals surface area contributed by atoms with Gasteiger partial charge in [0, 0.05) is 0 Å². The van der Waals surface area contributed by atoms with Crippen LogP contribution in [0.25, 0.3) is 0 Å². The van der Waals surface area contributed by atoms with Crippen LogP contribution in [0.5, 0.6) is 0 Å². The van der Waals surface area contributed by atoms with Crippen LogP contribution in [-0.2, 0) is 22.8 Å². The minimum absolute atomic E-state index is 0.462. The summed E-state index contributed by atoms with van der Waals surface area (Å²) in [4.78, 5) is 33.5. The lowest BCUT2D eigenvalue weighted by atomic mass is 11.7. The lowest BCUT2D eigenvalue weighted by Crippen LogP contribution is -1.91. The molecule has 11 heavy (non-hydrogen) atoms. The molecule has 0 radical (unpaired) electrons. The first-order valence-corrected chi connectivity index (χ1v) is 5.01. The predicted octanol–water partition coefficient (Wildman–Crippen LogP) is -0.631. The molecule has 0 saturated carbocycles. The molecule has 0 aliphatic rings. The normalized spacial score (nSPS) is 17.0. The smallest absolute Gasteiger partial charge is 0.373 e. The third-order valence-corrected chi connectivity index (χ3v) is 2.41. The molecular weight excluding hydrogens is 202 g/mol. The molecule has 0 aromatic heterocycles. The van der Waals surface area contributed by atoms with E-state index in [9.17, 15) is 13.9 Å². The molecule has 0 aromatic rings. The van der Waals surface area contributed by atoms with Crippen molar-refractivity contribution in [1.82, 2.24) is 0 Å². The quantitative estimate of drug-likeness (QED) is 0.409. The van der Waals surface area contributed by atoms with Crippen LogP contribution in [0, 0.1) is 0 Å². The lowest BCUT2D eigenvalue weighted by Gasteiger charge is -2.07. The van der Waals surface area contributed by atoms with Gasteiger partial charge in [0.1, 0.15) is 0 Å². The van der Waals surface area contributed by atoms with E-state index in [1.165, 1.54) is 0 Å². The van der Waals surface area contributed by atoms with Crippen LogP contribution in [0.2, 0.25) is 0 Å². The largest absolute Gasteiger partial charge is 0.538 e. The molecule has 0 rings (SSSR count). The summed E-state index contributed by atoms with van der Waals surface area (Å²) < 4.78 is 26.6. The van der Waals surface area contributed by atoms with Crippen molar-refractivity contribution < 1.29 is 37.4 Å². The Morgan fingerprint density at radius 2 is 1.64 bits per heavy atom. The number of carbonyl (C=O) groups is 1. The molecule has 0 aromatic carbocycles. The highest BCUT2D eigenvalue weighted by Gasteiger charge is 2.32. The van der Waals surface area contributed by atoms with Gasteiger partial charge in [0.25, 0.3) is 0 Å². The molecule has 66 valence electrons. The molecule has 0 saturated heterocycles. The SMILES string of the molecule is O=COP(=O)(O)OP(=O)(O)O. The summed E-state index contributed by atoms with van der Waals surface area (Å²) in [6, 6.07) is 0. The molecule has 0 aliphatic heterocycles. The summed E-state index contributed by atoms with van der Waals surface area (Å²) in [5.74, 6) is 0. The van der Waals surface area contributed by atoms with E-state index in [1.54, 1.807) is 0 Å². The Morgan fingerprint density at radius 3 is 1.91 bits per heavy atom. The van der Waals surface area contributed by atoms with Gasteiger partial charge in [0.2, 0.25) is 0 Å². The fourth-order valence-electron chi connectivity index (χ4n) is 0.208. The molecule has 1 unspecified atom stereocenters. The van der Waals surface area contributed by atoms with Gasteiger partial charge in [-0.25, -0.2) is 9.13 Å². The molecule has 0 bridgehead atoms. The summed E-state index contributed by atoms with van der Waals surface area (Å²) in [5.41, 5.74) is 0. The summed E-state index contributed by atoms with van der Waals surface area (Å²) in [6.45, 7) is -0.462. The topological polar surface area (TPSA) is 130 Å². The van der Waals surface area contributed by atoms with Crippen molar-refractivity contribution in [3.05, 3.63) is 0 Å². The van der Waals surface area contributed by atoms with Gasteiger partial charge >= 0.3 is 22.1 Å². The maximum absolute atomic E-state index is 10.2. The number of carbonyl (C=O) groups excluding carboxylic acids is 1. The van der Waals surface area contributed by atoms with Gasteiger partial charge < -0.3 is 14.3 Å². The van der Waals surface area contributed by atoms with Crippen LogP contribution in [0.3, 0.4) is 0 Å². The maximum atomic E-state index is 10.2. The Kier molecular flexibility index (Phi) is 3.37. The standard InChI is InChI=1S/CH4O8P2/c2-1-8-11(6,7)9-10(3,4)5/h1H,(H,6,7)(H2,3,4,5). The van der Waals surface area contributed by atoms with Crippen LogP contribution < -0.4 is 0 Å². The van der Waals surface area contributed by atoms with Gasteiger partial charge in [0.05, 0.1) is 0 Å². The molecule has 0 heterocycles. The number of hydrogen-bond acceptors (Lipinski definition) is 5. The zero-order valence-electron chi connectivity index (χ0n) is 4.85. The van der Waals surface area contributed by atoms with Crippen LogP contribution in [0.15, 0.2) is 0 Å². The second-order valence-electron chi connectivity index (χ2n) is 1.24. The second kappa shape index (κ2) is 3.44. The van der Waals surface area contributed by atoms with Crippen LogP contribution in [0.1, 0.15) is 0 Å². The summed E-state index contributed by atoms with van der Waals surface area (Å²) in [5, 5.41) is 0.